The van der Waals surface area contributed by atoms with Crippen LogP contribution in [0.2, 0.25) is 0 Å². The summed E-state index contributed by atoms with van der Waals surface area (Å²) in [7, 11) is 0. The molecule has 0 aliphatic heterocycles. The molecule has 0 saturated heterocycles. The molecule has 17 heavy (non-hydrogen) atoms. The topological polar surface area (TPSA) is 38.3 Å². The Balaban J connectivity index is 2.78. The molecule has 0 bridgehead atoms. The van der Waals surface area contributed by atoms with Crippen molar-refractivity contribution >= 4 is 27.7 Å². The number of rotatable bonds is 2. The van der Waals surface area contributed by atoms with Crippen LogP contribution in [0.5, 0.6) is 0 Å². The van der Waals surface area contributed by atoms with Crippen LogP contribution in [0.15, 0.2) is 22.7 Å². The zero-order chi connectivity index (χ0) is 13.1. The van der Waals surface area contributed by atoms with Crippen molar-refractivity contribution in [2.45, 2.75) is 39.7 Å². The van der Waals surface area contributed by atoms with Gasteiger partial charge in [-0.2, -0.15) is 0 Å². The molecule has 0 saturated carbocycles. The molecule has 1 aromatic carbocycles. The van der Waals surface area contributed by atoms with Crippen LogP contribution in [0.25, 0.3) is 0 Å². The Hall–Kier alpha value is -1.03. The van der Waals surface area contributed by atoms with Gasteiger partial charge >= 0.3 is 6.09 Å². The zero-order valence-electron chi connectivity index (χ0n) is 10.6. The van der Waals surface area contributed by atoms with Gasteiger partial charge in [0.1, 0.15) is 5.60 Å². The van der Waals surface area contributed by atoms with Gasteiger partial charge in [0.05, 0.1) is 0 Å². The highest BCUT2D eigenvalue weighted by molar-refractivity contribution is 9.10. The summed E-state index contributed by atoms with van der Waals surface area (Å²) < 4.78 is 6.21. The molecule has 0 fully saturated rings. The van der Waals surface area contributed by atoms with Crippen molar-refractivity contribution in [2.24, 2.45) is 0 Å². The lowest BCUT2D eigenvalue weighted by Gasteiger charge is -2.20. The summed E-state index contributed by atoms with van der Waals surface area (Å²) in [6.45, 7) is 7.57. The SMILES string of the molecule is CCc1cc(Br)ccc1NC(=O)OC(C)(C)C. The molecule has 0 atom stereocenters. The number of ether oxygens (including phenoxy) is 1. The van der Waals surface area contributed by atoms with Gasteiger partial charge in [0.15, 0.2) is 0 Å². The van der Waals surface area contributed by atoms with Gasteiger partial charge in [-0.25, -0.2) is 4.79 Å². The maximum Gasteiger partial charge on any atom is 0.412 e. The van der Waals surface area contributed by atoms with E-state index in [4.69, 9.17) is 4.74 Å². The van der Waals surface area contributed by atoms with E-state index >= 15 is 0 Å². The van der Waals surface area contributed by atoms with Crippen molar-refractivity contribution in [3.63, 3.8) is 0 Å². The minimum absolute atomic E-state index is 0.422. The average Bonchev–Trinajstić information content (AvgIpc) is 2.17. The van der Waals surface area contributed by atoms with Gasteiger partial charge in [0.2, 0.25) is 0 Å². The summed E-state index contributed by atoms with van der Waals surface area (Å²) in [6, 6.07) is 5.76. The minimum atomic E-state index is -0.480. The Kier molecular flexibility index (Phi) is 4.57. The molecule has 0 heterocycles. The van der Waals surface area contributed by atoms with E-state index < -0.39 is 11.7 Å². The van der Waals surface area contributed by atoms with Gasteiger partial charge in [-0.1, -0.05) is 22.9 Å². The summed E-state index contributed by atoms with van der Waals surface area (Å²) in [4.78, 5) is 11.6. The summed E-state index contributed by atoms with van der Waals surface area (Å²) in [5.41, 5.74) is 1.39. The molecule has 0 spiro atoms. The second-order valence-electron chi connectivity index (χ2n) is 4.78. The lowest BCUT2D eigenvalue weighted by molar-refractivity contribution is 0.0636. The normalized spacial score (nSPS) is 11.1. The van der Waals surface area contributed by atoms with Crippen molar-refractivity contribution in [1.29, 1.82) is 0 Å². The van der Waals surface area contributed by atoms with Crippen molar-refractivity contribution < 1.29 is 9.53 Å². The average molecular weight is 300 g/mol. The molecule has 1 rings (SSSR count). The number of anilines is 1. The Morgan fingerprint density at radius 1 is 1.41 bits per heavy atom. The molecule has 0 aliphatic rings. The van der Waals surface area contributed by atoms with Gasteiger partial charge in [0.25, 0.3) is 0 Å². The molecule has 4 heteroatoms. The minimum Gasteiger partial charge on any atom is -0.444 e. The Bertz CT molecular complexity index is 410. The zero-order valence-corrected chi connectivity index (χ0v) is 12.2. The first-order valence-electron chi connectivity index (χ1n) is 5.60. The molecule has 3 nitrogen and oxygen atoms in total. The molecular weight excluding hydrogens is 282 g/mol. The third-order valence-electron chi connectivity index (χ3n) is 2.08. The van der Waals surface area contributed by atoms with Crippen LogP contribution < -0.4 is 5.32 Å². The highest BCUT2D eigenvalue weighted by Gasteiger charge is 2.16. The van der Waals surface area contributed by atoms with Gasteiger partial charge in [-0.15, -0.1) is 0 Å². The van der Waals surface area contributed by atoms with E-state index in [-0.39, 0.29) is 0 Å². The molecule has 0 radical (unpaired) electrons. The highest BCUT2D eigenvalue weighted by Crippen LogP contribution is 2.22. The van der Waals surface area contributed by atoms with E-state index in [1.165, 1.54) is 0 Å². The van der Waals surface area contributed by atoms with Crippen molar-refractivity contribution in [3.05, 3.63) is 28.2 Å². The number of carbonyl (C=O) groups excluding carboxylic acids is 1. The smallest absolute Gasteiger partial charge is 0.412 e. The number of halogens is 1. The van der Waals surface area contributed by atoms with Gasteiger partial charge in [-0.05, 0) is 51.0 Å². The predicted molar refractivity (Wildman–Crippen MR) is 73.4 cm³/mol. The number of hydrogen-bond donors (Lipinski definition) is 1. The molecular formula is C13H18BrNO2. The predicted octanol–water partition coefficient (Wildman–Crippen LogP) is 4.36. The highest BCUT2D eigenvalue weighted by atomic mass is 79.9. The van der Waals surface area contributed by atoms with Crippen LogP contribution >= 0.6 is 15.9 Å². The van der Waals surface area contributed by atoms with Crippen LogP contribution in [-0.4, -0.2) is 11.7 Å². The molecule has 0 aromatic heterocycles. The van der Waals surface area contributed by atoms with E-state index in [1.54, 1.807) is 0 Å². The Morgan fingerprint density at radius 3 is 2.59 bits per heavy atom. The van der Waals surface area contributed by atoms with E-state index in [0.29, 0.717) is 0 Å². The largest absolute Gasteiger partial charge is 0.444 e. The standard InChI is InChI=1S/C13H18BrNO2/c1-5-9-8-10(14)6-7-11(9)15-12(16)17-13(2,3)4/h6-8H,5H2,1-4H3,(H,15,16). The molecule has 1 amide bonds. The number of nitrogens with one attached hydrogen (secondary N) is 1. The third-order valence-corrected chi connectivity index (χ3v) is 2.58. The maximum absolute atomic E-state index is 11.6. The summed E-state index contributed by atoms with van der Waals surface area (Å²) in [5, 5.41) is 2.76. The molecule has 0 aliphatic carbocycles. The Morgan fingerprint density at radius 2 is 2.06 bits per heavy atom. The monoisotopic (exact) mass is 299 g/mol. The number of hydrogen-bond acceptors (Lipinski definition) is 2. The second-order valence-corrected chi connectivity index (χ2v) is 5.70. The first-order valence-corrected chi connectivity index (χ1v) is 6.39. The molecule has 1 N–H and O–H groups in total. The van der Waals surface area contributed by atoms with Crippen molar-refractivity contribution in [2.75, 3.05) is 5.32 Å². The number of amides is 1. The van der Waals surface area contributed by atoms with Gasteiger partial charge < -0.3 is 4.74 Å². The number of aryl methyl sites for hydroxylation is 1. The fourth-order valence-corrected chi connectivity index (χ4v) is 1.80. The van der Waals surface area contributed by atoms with Crippen molar-refractivity contribution in [3.8, 4) is 0 Å². The first-order chi connectivity index (χ1) is 7.81. The van der Waals surface area contributed by atoms with Gasteiger partial charge in [-0.3, -0.25) is 5.32 Å². The van der Waals surface area contributed by atoms with Crippen molar-refractivity contribution in [1.82, 2.24) is 0 Å². The maximum atomic E-state index is 11.6. The second kappa shape index (κ2) is 5.54. The number of benzene rings is 1. The van der Waals surface area contributed by atoms with E-state index in [9.17, 15) is 4.79 Å². The van der Waals surface area contributed by atoms with Crippen LogP contribution in [0.3, 0.4) is 0 Å². The number of carbonyl (C=O) groups is 1. The fraction of sp³-hybridized carbons (Fsp3) is 0.462. The van der Waals surface area contributed by atoms with E-state index in [0.717, 1.165) is 22.1 Å². The summed E-state index contributed by atoms with van der Waals surface area (Å²) in [6.07, 6.45) is 0.430. The van der Waals surface area contributed by atoms with Crippen LogP contribution in [0.1, 0.15) is 33.3 Å². The van der Waals surface area contributed by atoms with Crippen LogP contribution in [0.4, 0.5) is 10.5 Å². The third kappa shape index (κ3) is 4.77. The summed E-state index contributed by atoms with van der Waals surface area (Å²) in [5.74, 6) is 0. The molecule has 1 aromatic rings. The quantitative estimate of drug-likeness (QED) is 0.881. The molecule has 94 valence electrons. The van der Waals surface area contributed by atoms with Crippen LogP contribution in [0, 0.1) is 0 Å². The lowest BCUT2D eigenvalue weighted by atomic mass is 10.1. The van der Waals surface area contributed by atoms with Gasteiger partial charge in [0, 0.05) is 10.2 Å². The Labute approximate surface area is 111 Å². The van der Waals surface area contributed by atoms with Crippen LogP contribution in [-0.2, 0) is 11.2 Å². The molecule has 0 unspecified atom stereocenters. The fourth-order valence-electron chi connectivity index (χ4n) is 1.39. The first kappa shape index (κ1) is 14.0. The van der Waals surface area contributed by atoms with E-state index in [2.05, 4.69) is 21.2 Å². The summed E-state index contributed by atoms with van der Waals surface area (Å²) >= 11 is 3.41. The van der Waals surface area contributed by atoms with E-state index in [1.807, 2.05) is 45.9 Å². The lowest BCUT2D eigenvalue weighted by Crippen LogP contribution is -2.27.